The van der Waals surface area contributed by atoms with E-state index < -0.39 is 0 Å². The van der Waals surface area contributed by atoms with Gasteiger partial charge in [0.2, 0.25) is 0 Å². The Labute approximate surface area is 81.9 Å². The first-order chi connectivity index (χ1) is 6.92. The van der Waals surface area contributed by atoms with Crippen LogP contribution in [0.4, 0.5) is 0 Å². The van der Waals surface area contributed by atoms with Crippen LogP contribution < -0.4 is 4.74 Å². The molecular formula is C10H12N2O2. The molecule has 14 heavy (non-hydrogen) atoms. The minimum Gasteiger partial charge on any atom is -0.490 e. The summed E-state index contributed by atoms with van der Waals surface area (Å²) in [5.74, 6) is 0.841. The highest BCUT2D eigenvalue weighted by atomic mass is 16.5. The number of H-pyrrole nitrogens is 1. The molecule has 0 bridgehead atoms. The molecule has 0 aromatic carbocycles. The minimum absolute atomic E-state index is 0.556. The summed E-state index contributed by atoms with van der Waals surface area (Å²) in [6.07, 6.45) is 3.57. The molecule has 0 unspecified atom stereocenters. The van der Waals surface area contributed by atoms with Gasteiger partial charge in [-0.2, -0.15) is 0 Å². The van der Waals surface area contributed by atoms with E-state index >= 15 is 0 Å². The fourth-order valence-corrected chi connectivity index (χ4v) is 1.30. The van der Waals surface area contributed by atoms with E-state index in [0.29, 0.717) is 13.2 Å². The molecule has 0 aliphatic heterocycles. The predicted octanol–water partition coefficient (Wildman–Crippen LogP) is 1.59. The second kappa shape index (κ2) is 4.11. The van der Waals surface area contributed by atoms with Crippen molar-refractivity contribution < 1.29 is 9.47 Å². The summed E-state index contributed by atoms with van der Waals surface area (Å²) in [7, 11) is 1.65. The van der Waals surface area contributed by atoms with Gasteiger partial charge in [-0.15, -0.1) is 0 Å². The summed E-state index contributed by atoms with van der Waals surface area (Å²) >= 11 is 0. The van der Waals surface area contributed by atoms with E-state index in [-0.39, 0.29) is 0 Å². The lowest BCUT2D eigenvalue weighted by Crippen LogP contribution is -2.04. The zero-order valence-corrected chi connectivity index (χ0v) is 7.99. The molecule has 0 amide bonds. The zero-order chi connectivity index (χ0) is 9.80. The first-order valence-corrected chi connectivity index (χ1v) is 4.45. The van der Waals surface area contributed by atoms with Crippen LogP contribution >= 0.6 is 0 Å². The molecule has 2 aromatic heterocycles. The van der Waals surface area contributed by atoms with Gasteiger partial charge in [-0.1, -0.05) is 0 Å². The van der Waals surface area contributed by atoms with Crippen molar-refractivity contribution in [2.75, 3.05) is 20.3 Å². The van der Waals surface area contributed by atoms with Gasteiger partial charge in [0.05, 0.1) is 12.0 Å². The Morgan fingerprint density at radius 2 is 2.29 bits per heavy atom. The summed E-state index contributed by atoms with van der Waals surface area (Å²) in [6, 6.07) is 3.80. The molecule has 2 rings (SSSR count). The Kier molecular flexibility index (Phi) is 2.65. The van der Waals surface area contributed by atoms with E-state index in [1.54, 1.807) is 13.3 Å². The number of pyridine rings is 1. The van der Waals surface area contributed by atoms with Crippen LogP contribution in [-0.4, -0.2) is 30.3 Å². The number of ether oxygens (including phenoxy) is 2. The first kappa shape index (κ1) is 9.02. The molecule has 0 radical (unpaired) electrons. The highest BCUT2D eigenvalue weighted by Gasteiger charge is 2.02. The summed E-state index contributed by atoms with van der Waals surface area (Å²) in [5, 5.41) is 1.00. The summed E-state index contributed by atoms with van der Waals surface area (Å²) in [5.41, 5.74) is 0.847. The van der Waals surface area contributed by atoms with Crippen LogP contribution in [-0.2, 0) is 4.74 Å². The van der Waals surface area contributed by atoms with Crippen molar-refractivity contribution in [3.63, 3.8) is 0 Å². The number of nitrogens with one attached hydrogen (secondary N) is 1. The van der Waals surface area contributed by atoms with Gasteiger partial charge in [-0.25, -0.2) is 4.98 Å². The van der Waals surface area contributed by atoms with E-state index in [2.05, 4.69) is 9.97 Å². The monoisotopic (exact) mass is 192 g/mol. The van der Waals surface area contributed by atoms with Gasteiger partial charge in [-0.3, -0.25) is 0 Å². The van der Waals surface area contributed by atoms with Crippen LogP contribution in [0.1, 0.15) is 0 Å². The average Bonchev–Trinajstić information content (AvgIpc) is 2.67. The molecule has 4 nitrogen and oxygen atoms in total. The molecule has 4 heteroatoms. The van der Waals surface area contributed by atoms with Gasteiger partial charge in [0.15, 0.2) is 0 Å². The lowest BCUT2D eigenvalue weighted by atomic mass is 10.3. The van der Waals surface area contributed by atoms with Crippen LogP contribution in [0.2, 0.25) is 0 Å². The van der Waals surface area contributed by atoms with Gasteiger partial charge in [0.25, 0.3) is 0 Å². The summed E-state index contributed by atoms with van der Waals surface area (Å²) < 4.78 is 10.4. The van der Waals surface area contributed by atoms with Crippen molar-refractivity contribution in [1.29, 1.82) is 0 Å². The van der Waals surface area contributed by atoms with E-state index in [1.165, 1.54) is 0 Å². The molecule has 0 atom stereocenters. The van der Waals surface area contributed by atoms with E-state index in [4.69, 9.17) is 9.47 Å². The Morgan fingerprint density at radius 3 is 3.14 bits per heavy atom. The quantitative estimate of drug-likeness (QED) is 0.748. The summed E-state index contributed by atoms with van der Waals surface area (Å²) in [4.78, 5) is 7.19. The normalized spacial score (nSPS) is 10.6. The Balaban J connectivity index is 2.19. The standard InChI is InChI=1S/C10H12N2O2/c1-13-6-7-14-9-3-5-12-10-8(9)2-4-11-10/h2-5H,6-7H2,1H3,(H,11,12). The highest BCUT2D eigenvalue weighted by Crippen LogP contribution is 2.22. The predicted molar refractivity (Wildman–Crippen MR) is 53.5 cm³/mol. The van der Waals surface area contributed by atoms with Gasteiger partial charge in [0, 0.05) is 19.5 Å². The van der Waals surface area contributed by atoms with E-state index in [1.807, 2.05) is 18.3 Å². The average molecular weight is 192 g/mol. The topological polar surface area (TPSA) is 47.1 Å². The third-order valence-corrected chi connectivity index (χ3v) is 1.97. The third-order valence-electron chi connectivity index (χ3n) is 1.97. The number of methoxy groups -OCH3 is 1. The van der Waals surface area contributed by atoms with Crippen LogP contribution in [0.5, 0.6) is 5.75 Å². The number of fused-ring (bicyclic) bond motifs is 1. The highest BCUT2D eigenvalue weighted by molar-refractivity contribution is 5.82. The number of nitrogens with zero attached hydrogens (tertiary/aromatic N) is 1. The van der Waals surface area contributed by atoms with Crippen LogP contribution in [0.15, 0.2) is 24.5 Å². The Morgan fingerprint density at radius 1 is 1.36 bits per heavy atom. The number of hydrogen-bond acceptors (Lipinski definition) is 3. The lowest BCUT2D eigenvalue weighted by molar-refractivity contribution is 0.147. The molecule has 0 saturated carbocycles. The van der Waals surface area contributed by atoms with Crippen molar-refractivity contribution in [3.8, 4) is 5.75 Å². The molecule has 0 fully saturated rings. The second-order valence-corrected chi connectivity index (χ2v) is 2.89. The molecule has 0 saturated heterocycles. The second-order valence-electron chi connectivity index (χ2n) is 2.89. The molecule has 0 aliphatic rings. The van der Waals surface area contributed by atoms with Gasteiger partial charge in [0.1, 0.15) is 18.0 Å². The molecule has 2 heterocycles. The van der Waals surface area contributed by atoms with Gasteiger partial charge < -0.3 is 14.5 Å². The van der Waals surface area contributed by atoms with Crippen LogP contribution in [0.3, 0.4) is 0 Å². The van der Waals surface area contributed by atoms with Crippen LogP contribution in [0, 0.1) is 0 Å². The molecule has 74 valence electrons. The number of aromatic nitrogens is 2. The van der Waals surface area contributed by atoms with Crippen molar-refractivity contribution >= 4 is 11.0 Å². The largest absolute Gasteiger partial charge is 0.490 e. The lowest BCUT2D eigenvalue weighted by Gasteiger charge is -2.05. The van der Waals surface area contributed by atoms with Crippen molar-refractivity contribution in [2.24, 2.45) is 0 Å². The van der Waals surface area contributed by atoms with Crippen molar-refractivity contribution in [1.82, 2.24) is 9.97 Å². The third kappa shape index (κ3) is 1.70. The van der Waals surface area contributed by atoms with Crippen molar-refractivity contribution in [2.45, 2.75) is 0 Å². The van der Waals surface area contributed by atoms with E-state index in [9.17, 15) is 0 Å². The van der Waals surface area contributed by atoms with Gasteiger partial charge in [-0.05, 0) is 12.1 Å². The SMILES string of the molecule is COCCOc1ccnc2[nH]ccc12. The molecule has 0 spiro atoms. The maximum atomic E-state index is 5.53. The Bertz CT molecular complexity index is 411. The number of rotatable bonds is 4. The first-order valence-electron chi connectivity index (χ1n) is 4.45. The van der Waals surface area contributed by atoms with E-state index in [0.717, 1.165) is 16.8 Å². The molecule has 1 N–H and O–H groups in total. The maximum absolute atomic E-state index is 5.53. The molecular weight excluding hydrogens is 180 g/mol. The zero-order valence-electron chi connectivity index (χ0n) is 7.99. The smallest absolute Gasteiger partial charge is 0.140 e. The fourth-order valence-electron chi connectivity index (χ4n) is 1.30. The molecule has 0 aliphatic carbocycles. The van der Waals surface area contributed by atoms with Gasteiger partial charge >= 0.3 is 0 Å². The minimum atomic E-state index is 0.556. The number of aromatic amines is 1. The summed E-state index contributed by atoms with van der Waals surface area (Å²) in [6.45, 7) is 1.15. The van der Waals surface area contributed by atoms with Crippen molar-refractivity contribution in [3.05, 3.63) is 24.5 Å². The maximum Gasteiger partial charge on any atom is 0.140 e. The Hall–Kier alpha value is -1.55. The number of hydrogen-bond donors (Lipinski definition) is 1. The van der Waals surface area contributed by atoms with Crippen LogP contribution in [0.25, 0.3) is 11.0 Å². The fraction of sp³-hybridized carbons (Fsp3) is 0.300. The molecule has 2 aromatic rings.